The van der Waals surface area contributed by atoms with Gasteiger partial charge in [0, 0.05) is 0 Å². The van der Waals surface area contributed by atoms with Gasteiger partial charge in [0.2, 0.25) is 0 Å². The van der Waals surface area contributed by atoms with Gasteiger partial charge in [-0.15, -0.1) is 0 Å². The SMILES string of the molecule is CCCCC(Nc1ccccc1F)C(=O)OC. The lowest BCUT2D eigenvalue weighted by molar-refractivity contribution is -0.141. The molecule has 1 aromatic rings. The van der Waals surface area contributed by atoms with Crippen LogP contribution in [0.1, 0.15) is 26.2 Å². The van der Waals surface area contributed by atoms with Crippen LogP contribution in [-0.2, 0) is 9.53 Å². The Labute approximate surface area is 101 Å². The van der Waals surface area contributed by atoms with E-state index in [1.54, 1.807) is 18.2 Å². The molecule has 1 aromatic carbocycles. The molecule has 0 radical (unpaired) electrons. The van der Waals surface area contributed by atoms with E-state index in [0.717, 1.165) is 12.8 Å². The normalized spacial score (nSPS) is 11.9. The van der Waals surface area contributed by atoms with Crippen LogP contribution >= 0.6 is 0 Å². The van der Waals surface area contributed by atoms with Gasteiger partial charge in [0.05, 0.1) is 12.8 Å². The number of anilines is 1. The van der Waals surface area contributed by atoms with Crippen LogP contribution in [0.15, 0.2) is 24.3 Å². The van der Waals surface area contributed by atoms with E-state index in [0.29, 0.717) is 12.1 Å². The molecular weight excluding hydrogens is 221 g/mol. The summed E-state index contributed by atoms with van der Waals surface area (Å²) in [5, 5.41) is 2.88. The highest BCUT2D eigenvalue weighted by Gasteiger charge is 2.19. The fourth-order valence-corrected chi connectivity index (χ4v) is 1.57. The van der Waals surface area contributed by atoms with Gasteiger partial charge in [0.25, 0.3) is 0 Å². The van der Waals surface area contributed by atoms with Crippen LogP contribution in [0, 0.1) is 5.82 Å². The molecule has 0 fully saturated rings. The number of unbranched alkanes of at least 4 members (excludes halogenated alkanes) is 1. The number of benzene rings is 1. The Kier molecular flexibility index (Phi) is 5.46. The van der Waals surface area contributed by atoms with Crippen molar-refractivity contribution in [2.24, 2.45) is 0 Å². The second-order valence-electron chi connectivity index (χ2n) is 3.84. The van der Waals surface area contributed by atoms with Crippen molar-refractivity contribution >= 4 is 11.7 Å². The maximum atomic E-state index is 13.4. The Morgan fingerprint density at radius 2 is 2.18 bits per heavy atom. The summed E-state index contributed by atoms with van der Waals surface area (Å²) in [6.07, 6.45) is 2.51. The van der Waals surface area contributed by atoms with Gasteiger partial charge in [-0.05, 0) is 18.6 Å². The van der Waals surface area contributed by atoms with Gasteiger partial charge in [0.1, 0.15) is 11.9 Å². The maximum absolute atomic E-state index is 13.4. The number of rotatable bonds is 6. The van der Waals surface area contributed by atoms with E-state index in [1.165, 1.54) is 13.2 Å². The molecule has 0 bridgehead atoms. The summed E-state index contributed by atoms with van der Waals surface area (Å²) in [6, 6.07) is 5.81. The third kappa shape index (κ3) is 4.06. The molecule has 0 aliphatic heterocycles. The largest absolute Gasteiger partial charge is 0.467 e. The van der Waals surface area contributed by atoms with Crippen LogP contribution in [-0.4, -0.2) is 19.1 Å². The molecular formula is C13H18FNO2. The lowest BCUT2D eigenvalue weighted by Crippen LogP contribution is -2.31. The molecule has 3 nitrogen and oxygen atoms in total. The van der Waals surface area contributed by atoms with Crippen LogP contribution in [0.2, 0.25) is 0 Å². The van der Waals surface area contributed by atoms with Crippen molar-refractivity contribution in [3.05, 3.63) is 30.1 Å². The van der Waals surface area contributed by atoms with Crippen molar-refractivity contribution in [3.63, 3.8) is 0 Å². The van der Waals surface area contributed by atoms with Gasteiger partial charge < -0.3 is 10.1 Å². The van der Waals surface area contributed by atoms with Crippen LogP contribution in [0.25, 0.3) is 0 Å². The number of nitrogens with one attached hydrogen (secondary N) is 1. The maximum Gasteiger partial charge on any atom is 0.328 e. The van der Waals surface area contributed by atoms with Crippen molar-refractivity contribution in [2.45, 2.75) is 32.2 Å². The molecule has 17 heavy (non-hydrogen) atoms. The fraction of sp³-hybridized carbons (Fsp3) is 0.462. The molecule has 0 aliphatic rings. The minimum atomic E-state index is -0.489. The first kappa shape index (κ1) is 13.5. The first-order chi connectivity index (χ1) is 8.19. The summed E-state index contributed by atoms with van der Waals surface area (Å²) in [4.78, 5) is 11.5. The quantitative estimate of drug-likeness (QED) is 0.775. The minimum Gasteiger partial charge on any atom is -0.467 e. The average Bonchev–Trinajstić information content (AvgIpc) is 2.35. The van der Waals surface area contributed by atoms with E-state index in [9.17, 15) is 9.18 Å². The van der Waals surface area contributed by atoms with Gasteiger partial charge in [-0.3, -0.25) is 0 Å². The summed E-state index contributed by atoms with van der Waals surface area (Å²) in [5.41, 5.74) is 0.332. The highest BCUT2D eigenvalue weighted by atomic mass is 19.1. The number of para-hydroxylation sites is 1. The molecule has 0 spiro atoms. The highest BCUT2D eigenvalue weighted by molar-refractivity contribution is 5.79. The number of carbonyl (C=O) groups is 1. The Morgan fingerprint density at radius 1 is 1.47 bits per heavy atom. The fourth-order valence-electron chi connectivity index (χ4n) is 1.57. The minimum absolute atomic E-state index is 0.332. The smallest absolute Gasteiger partial charge is 0.328 e. The van der Waals surface area contributed by atoms with Crippen molar-refractivity contribution in [1.29, 1.82) is 0 Å². The summed E-state index contributed by atoms with van der Waals surface area (Å²) >= 11 is 0. The molecule has 4 heteroatoms. The van der Waals surface area contributed by atoms with Crippen molar-refractivity contribution in [3.8, 4) is 0 Å². The molecule has 1 N–H and O–H groups in total. The molecule has 0 saturated heterocycles. The number of methoxy groups -OCH3 is 1. The van der Waals surface area contributed by atoms with Crippen LogP contribution in [0.4, 0.5) is 10.1 Å². The van der Waals surface area contributed by atoms with E-state index in [1.807, 2.05) is 6.92 Å². The van der Waals surface area contributed by atoms with Gasteiger partial charge in [-0.1, -0.05) is 31.9 Å². The number of esters is 1. The Morgan fingerprint density at radius 3 is 2.76 bits per heavy atom. The number of hydrogen-bond donors (Lipinski definition) is 1. The van der Waals surface area contributed by atoms with Gasteiger partial charge in [-0.25, -0.2) is 9.18 Å². The topological polar surface area (TPSA) is 38.3 Å². The Bertz CT molecular complexity index is 368. The first-order valence-corrected chi connectivity index (χ1v) is 5.78. The number of halogens is 1. The summed E-state index contributed by atoms with van der Waals surface area (Å²) in [7, 11) is 1.34. The zero-order valence-corrected chi connectivity index (χ0v) is 10.2. The zero-order valence-electron chi connectivity index (χ0n) is 10.2. The molecule has 0 aromatic heterocycles. The third-order valence-electron chi connectivity index (χ3n) is 2.54. The number of ether oxygens (including phenoxy) is 1. The second-order valence-corrected chi connectivity index (χ2v) is 3.84. The molecule has 0 aliphatic carbocycles. The Balaban J connectivity index is 2.72. The second kappa shape index (κ2) is 6.89. The monoisotopic (exact) mass is 239 g/mol. The van der Waals surface area contributed by atoms with E-state index >= 15 is 0 Å². The van der Waals surface area contributed by atoms with E-state index in [-0.39, 0.29) is 11.8 Å². The summed E-state index contributed by atoms with van der Waals surface area (Å²) < 4.78 is 18.1. The summed E-state index contributed by atoms with van der Waals surface area (Å²) in [6.45, 7) is 2.04. The third-order valence-corrected chi connectivity index (χ3v) is 2.54. The molecule has 0 saturated carbocycles. The molecule has 94 valence electrons. The highest BCUT2D eigenvalue weighted by Crippen LogP contribution is 2.16. The van der Waals surface area contributed by atoms with E-state index in [2.05, 4.69) is 5.32 Å². The molecule has 1 rings (SSSR count). The molecule has 1 atom stereocenters. The molecule has 1 unspecified atom stereocenters. The van der Waals surface area contributed by atoms with Gasteiger partial charge in [-0.2, -0.15) is 0 Å². The average molecular weight is 239 g/mol. The van der Waals surface area contributed by atoms with Gasteiger partial charge in [0.15, 0.2) is 0 Å². The predicted octanol–water partition coefficient (Wildman–Crippen LogP) is 2.97. The van der Waals surface area contributed by atoms with Crippen molar-refractivity contribution in [1.82, 2.24) is 0 Å². The standard InChI is InChI=1S/C13H18FNO2/c1-3-4-8-12(13(16)17-2)15-11-9-6-5-7-10(11)14/h5-7,9,12,15H,3-4,8H2,1-2H3. The van der Waals surface area contributed by atoms with E-state index < -0.39 is 6.04 Å². The summed E-state index contributed by atoms with van der Waals surface area (Å²) in [5.74, 6) is -0.723. The zero-order chi connectivity index (χ0) is 12.7. The van der Waals surface area contributed by atoms with Crippen molar-refractivity contribution in [2.75, 3.05) is 12.4 Å². The molecule has 0 amide bonds. The van der Waals surface area contributed by atoms with E-state index in [4.69, 9.17) is 4.74 Å². The number of carbonyl (C=O) groups excluding carboxylic acids is 1. The van der Waals surface area contributed by atoms with Crippen LogP contribution in [0.3, 0.4) is 0 Å². The van der Waals surface area contributed by atoms with Crippen LogP contribution in [0.5, 0.6) is 0 Å². The number of hydrogen-bond acceptors (Lipinski definition) is 3. The molecule has 0 heterocycles. The lowest BCUT2D eigenvalue weighted by Gasteiger charge is -2.17. The van der Waals surface area contributed by atoms with Crippen LogP contribution < -0.4 is 5.32 Å². The first-order valence-electron chi connectivity index (χ1n) is 5.78. The van der Waals surface area contributed by atoms with Gasteiger partial charge >= 0.3 is 5.97 Å². The predicted molar refractivity (Wildman–Crippen MR) is 65.4 cm³/mol. The Hall–Kier alpha value is -1.58. The lowest BCUT2D eigenvalue weighted by atomic mass is 10.1. The van der Waals surface area contributed by atoms with Crippen molar-refractivity contribution < 1.29 is 13.9 Å².